The maximum absolute atomic E-state index is 5.99. The number of aryl methyl sites for hydroxylation is 1. The summed E-state index contributed by atoms with van der Waals surface area (Å²) in [5, 5.41) is 0. The first-order valence-electron chi connectivity index (χ1n) is 5.14. The van der Waals surface area contributed by atoms with E-state index in [-0.39, 0.29) is 0 Å². The summed E-state index contributed by atoms with van der Waals surface area (Å²) in [5.74, 6) is 1.82. The van der Waals surface area contributed by atoms with Gasteiger partial charge in [0.1, 0.15) is 5.76 Å². The molecular weight excluding hydrogens is 162 g/mol. The normalized spacial score (nSPS) is 28.1. The Labute approximate surface area is 79.1 Å². The van der Waals surface area contributed by atoms with Gasteiger partial charge in [0, 0.05) is 12.5 Å². The molecule has 0 aromatic carbocycles. The molecular formula is C11H17NO. The summed E-state index contributed by atoms with van der Waals surface area (Å²) in [5.41, 5.74) is 5.99. The number of hydrogen-bond donors (Lipinski definition) is 1. The monoisotopic (exact) mass is 179 g/mol. The molecule has 2 atom stereocenters. The lowest BCUT2D eigenvalue weighted by atomic mass is 9.98. The van der Waals surface area contributed by atoms with Crippen molar-refractivity contribution >= 4 is 0 Å². The van der Waals surface area contributed by atoms with Gasteiger partial charge in [0.2, 0.25) is 0 Å². The second-order valence-corrected chi connectivity index (χ2v) is 3.97. The third-order valence-electron chi connectivity index (χ3n) is 3.06. The van der Waals surface area contributed by atoms with Crippen molar-refractivity contribution < 1.29 is 4.42 Å². The van der Waals surface area contributed by atoms with Gasteiger partial charge in [-0.3, -0.25) is 0 Å². The van der Waals surface area contributed by atoms with E-state index in [2.05, 4.69) is 0 Å². The van der Waals surface area contributed by atoms with Crippen molar-refractivity contribution in [2.75, 3.05) is 0 Å². The number of nitrogens with two attached hydrogens (primary N) is 1. The molecule has 1 aliphatic rings. The molecule has 2 rings (SSSR count). The molecule has 1 fully saturated rings. The first-order chi connectivity index (χ1) is 6.36. The summed E-state index contributed by atoms with van der Waals surface area (Å²) in [6, 6.07) is 4.43. The predicted octanol–water partition coefficient (Wildman–Crippen LogP) is 2.34. The topological polar surface area (TPSA) is 39.2 Å². The van der Waals surface area contributed by atoms with Gasteiger partial charge in [0.15, 0.2) is 0 Å². The minimum Gasteiger partial charge on any atom is -0.469 e. The molecule has 0 aliphatic heterocycles. The minimum atomic E-state index is 0.440. The van der Waals surface area contributed by atoms with Gasteiger partial charge >= 0.3 is 0 Å². The quantitative estimate of drug-likeness (QED) is 0.773. The Morgan fingerprint density at radius 3 is 3.00 bits per heavy atom. The van der Waals surface area contributed by atoms with Crippen molar-refractivity contribution in [2.45, 2.75) is 38.1 Å². The second kappa shape index (κ2) is 3.97. The zero-order chi connectivity index (χ0) is 9.10. The predicted molar refractivity (Wildman–Crippen MR) is 52.3 cm³/mol. The highest BCUT2D eigenvalue weighted by molar-refractivity contribution is 4.98. The van der Waals surface area contributed by atoms with Crippen LogP contribution in [0.15, 0.2) is 22.8 Å². The maximum Gasteiger partial charge on any atom is 0.103 e. The van der Waals surface area contributed by atoms with E-state index in [1.165, 1.54) is 25.7 Å². The van der Waals surface area contributed by atoms with E-state index in [9.17, 15) is 0 Å². The number of furan rings is 1. The maximum atomic E-state index is 5.99. The molecule has 1 aromatic rings. The van der Waals surface area contributed by atoms with Crippen LogP contribution >= 0.6 is 0 Å². The van der Waals surface area contributed by atoms with Crippen molar-refractivity contribution in [1.29, 1.82) is 0 Å². The van der Waals surface area contributed by atoms with E-state index in [1.807, 2.05) is 12.1 Å². The van der Waals surface area contributed by atoms with Crippen LogP contribution in [0.5, 0.6) is 0 Å². The summed E-state index contributed by atoms with van der Waals surface area (Å²) in [6.07, 6.45) is 7.80. The van der Waals surface area contributed by atoms with Crippen LogP contribution in [0.2, 0.25) is 0 Å². The molecule has 72 valence electrons. The lowest BCUT2D eigenvalue weighted by Crippen LogP contribution is -2.24. The average molecular weight is 179 g/mol. The Balaban J connectivity index is 1.79. The zero-order valence-corrected chi connectivity index (χ0v) is 7.91. The molecule has 1 aliphatic carbocycles. The highest BCUT2D eigenvalue weighted by Gasteiger charge is 2.23. The molecule has 0 radical (unpaired) electrons. The van der Waals surface area contributed by atoms with Gasteiger partial charge in [-0.05, 0) is 37.3 Å². The summed E-state index contributed by atoms with van der Waals surface area (Å²) < 4.78 is 5.29. The van der Waals surface area contributed by atoms with Crippen LogP contribution in [0.1, 0.15) is 31.4 Å². The van der Waals surface area contributed by atoms with Crippen molar-refractivity contribution in [3.05, 3.63) is 24.2 Å². The molecule has 1 heterocycles. The van der Waals surface area contributed by atoms with Gasteiger partial charge < -0.3 is 10.2 Å². The van der Waals surface area contributed by atoms with Gasteiger partial charge in [-0.1, -0.05) is 6.42 Å². The van der Waals surface area contributed by atoms with Crippen LogP contribution < -0.4 is 5.73 Å². The van der Waals surface area contributed by atoms with Gasteiger partial charge in [0.05, 0.1) is 6.26 Å². The summed E-state index contributed by atoms with van der Waals surface area (Å²) in [6.45, 7) is 0. The molecule has 2 nitrogen and oxygen atoms in total. The third-order valence-corrected chi connectivity index (χ3v) is 3.06. The Kier molecular flexibility index (Phi) is 2.69. The molecule has 0 spiro atoms. The molecule has 1 saturated carbocycles. The lowest BCUT2D eigenvalue weighted by Gasteiger charge is -2.13. The Hall–Kier alpha value is -0.760. The van der Waals surface area contributed by atoms with Crippen LogP contribution in [0.25, 0.3) is 0 Å². The smallest absolute Gasteiger partial charge is 0.103 e. The lowest BCUT2D eigenvalue weighted by molar-refractivity contribution is 0.417. The fourth-order valence-corrected chi connectivity index (χ4v) is 2.21. The van der Waals surface area contributed by atoms with E-state index in [4.69, 9.17) is 10.2 Å². The molecule has 2 N–H and O–H groups in total. The Morgan fingerprint density at radius 1 is 1.46 bits per heavy atom. The number of rotatable bonds is 3. The zero-order valence-electron chi connectivity index (χ0n) is 7.91. The highest BCUT2D eigenvalue weighted by atomic mass is 16.3. The van der Waals surface area contributed by atoms with Gasteiger partial charge in [-0.15, -0.1) is 0 Å². The van der Waals surface area contributed by atoms with Gasteiger partial charge in [0.25, 0.3) is 0 Å². The van der Waals surface area contributed by atoms with Crippen molar-refractivity contribution in [1.82, 2.24) is 0 Å². The minimum absolute atomic E-state index is 0.440. The van der Waals surface area contributed by atoms with Crippen molar-refractivity contribution in [3.8, 4) is 0 Å². The Morgan fingerprint density at radius 2 is 2.38 bits per heavy atom. The van der Waals surface area contributed by atoms with E-state index >= 15 is 0 Å². The van der Waals surface area contributed by atoms with Crippen molar-refractivity contribution in [2.24, 2.45) is 11.7 Å². The van der Waals surface area contributed by atoms with E-state index in [1.54, 1.807) is 6.26 Å². The molecule has 0 bridgehead atoms. The Bertz CT molecular complexity index is 243. The number of hydrogen-bond acceptors (Lipinski definition) is 2. The first kappa shape index (κ1) is 8.82. The summed E-state index contributed by atoms with van der Waals surface area (Å²) in [4.78, 5) is 0. The van der Waals surface area contributed by atoms with E-state index < -0.39 is 0 Å². The SMILES string of the molecule is NC1CCCC1CCc1ccco1. The van der Waals surface area contributed by atoms with E-state index in [0.29, 0.717) is 6.04 Å². The standard InChI is InChI=1S/C11H17NO/c12-11-5-1-3-9(11)6-7-10-4-2-8-13-10/h2,4,8-9,11H,1,3,5-7,12H2. The molecule has 2 unspecified atom stereocenters. The highest BCUT2D eigenvalue weighted by Crippen LogP contribution is 2.27. The average Bonchev–Trinajstić information content (AvgIpc) is 2.72. The fourth-order valence-electron chi connectivity index (χ4n) is 2.21. The van der Waals surface area contributed by atoms with Crippen LogP contribution in [0.3, 0.4) is 0 Å². The second-order valence-electron chi connectivity index (χ2n) is 3.97. The van der Waals surface area contributed by atoms with E-state index in [0.717, 1.165) is 18.1 Å². The fraction of sp³-hybridized carbons (Fsp3) is 0.636. The molecule has 1 aromatic heterocycles. The molecule has 2 heteroatoms. The van der Waals surface area contributed by atoms with Crippen LogP contribution in [-0.4, -0.2) is 6.04 Å². The first-order valence-corrected chi connectivity index (χ1v) is 5.14. The van der Waals surface area contributed by atoms with Crippen LogP contribution in [0, 0.1) is 5.92 Å². The van der Waals surface area contributed by atoms with Crippen LogP contribution in [0.4, 0.5) is 0 Å². The molecule has 13 heavy (non-hydrogen) atoms. The summed E-state index contributed by atoms with van der Waals surface area (Å²) in [7, 11) is 0. The van der Waals surface area contributed by atoms with Crippen molar-refractivity contribution in [3.63, 3.8) is 0 Å². The molecule has 0 saturated heterocycles. The molecule has 0 amide bonds. The largest absolute Gasteiger partial charge is 0.469 e. The summed E-state index contributed by atoms with van der Waals surface area (Å²) >= 11 is 0. The van der Waals surface area contributed by atoms with Gasteiger partial charge in [-0.2, -0.15) is 0 Å². The van der Waals surface area contributed by atoms with Gasteiger partial charge in [-0.25, -0.2) is 0 Å². The van der Waals surface area contributed by atoms with Crippen LogP contribution in [-0.2, 0) is 6.42 Å². The third kappa shape index (κ3) is 2.13.